The Morgan fingerprint density at radius 3 is 1.33 bits per heavy atom. The summed E-state index contributed by atoms with van der Waals surface area (Å²) in [6.45, 7) is 38.1. The highest BCUT2D eigenvalue weighted by Crippen LogP contribution is 3.45. The van der Waals surface area contributed by atoms with Gasteiger partial charge in [-0.25, -0.2) is 0 Å². The lowest BCUT2D eigenvalue weighted by Crippen LogP contribution is -3.42. The van der Waals surface area contributed by atoms with Crippen molar-refractivity contribution >= 4 is 0 Å². The van der Waals surface area contributed by atoms with E-state index in [-0.39, 0.29) is 0 Å². The molecule has 0 aromatic rings. The van der Waals surface area contributed by atoms with Gasteiger partial charge in [-0.1, -0.05) is 90.0 Å². The van der Waals surface area contributed by atoms with E-state index in [1.807, 2.05) is 0 Å². The van der Waals surface area contributed by atoms with E-state index >= 15 is 0 Å². The van der Waals surface area contributed by atoms with Crippen molar-refractivity contribution in [2.24, 2.45) is 163 Å². The van der Waals surface area contributed by atoms with E-state index in [1.54, 1.807) is 6.42 Å². The van der Waals surface area contributed by atoms with Gasteiger partial charge in [-0.2, -0.15) is 0 Å². The fourth-order valence-electron chi connectivity index (χ4n) is 35.1. The average molecular weight is 569 g/mol. The molecule has 0 aliphatic heterocycles. The zero-order valence-corrected chi connectivity index (χ0v) is 29.1. The number of rotatable bonds is 0. The molecule has 0 saturated heterocycles. The Kier molecular flexibility index (Phi) is 1.72. The molecule has 18 rings (SSSR count). The number of hydrogen-bond donors (Lipinski definition) is 0. The molecule has 8 spiro atoms. The Bertz CT molecular complexity index is 2030. The summed E-state index contributed by atoms with van der Waals surface area (Å²) in [5, 5.41) is 0. The van der Waals surface area contributed by atoms with Gasteiger partial charge in [-0.15, -0.1) is 0 Å². The van der Waals surface area contributed by atoms with Gasteiger partial charge in [0, 0.05) is 0 Å². The standard InChI is InChI=1S/C43H52/c1-15-17-14-18-20-22-24-25-23-21-19-16(2)27(5)26(3,4)29(7)31(9)33(11)35(13)34(12)32(10)30(8)28(15,6)36(17,18)38(20,30)40(22,32)42(24,34)43(25,35)41(23,33)39(21,31)37(19,27)29/h15-25H,14H2,1-13H3/t15-,16+,17+,18-,19+,20-,21+,22-,23+,24-,25-,27-,28?,29?,30?,31?,32?,33?,34?,35?,36+,37+,38+,39-,40+,41-,42+,43-/m1/s1. The van der Waals surface area contributed by atoms with Crippen molar-refractivity contribution in [1.29, 1.82) is 0 Å². The quantitative estimate of drug-likeness (QED) is 0.275. The molecule has 18 fully saturated rings. The van der Waals surface area contributed by atoms with Crippen LogP contribution in [-0.2, 0) is 0 Å². The third-order valence-corrected chi connectivity index (χ3v) is 32.1. The number of fused-ring (bicyclic) bond motifs is 14. The summed E-state index contributed by atoms with van der Waals surface area (Å²) in [6, 6.07) is 0. The summed E-state index contributed by atoms with van der Waals surface area (Å²) in [5.74, 6) is 12.6. The van der Waals surface area contributed by atoms with E-state index < -0.39 is 0 Å². The SMILES string of the molecule is C[C@@H]1[C@@H]2C[C@@H]3[C@@H]4[C@@H]5[C@@H]6[C@H]7[C@@H]8[C@@H]9[C@@H]%10[C@H](C)[C@]%11(C)C(C)(C)C%12(C)C%13(C)C%14(C)C%15(C)C%16(C)C%17(C)C%18(C)C1(C)[C@@]32[C@]4%18[C@]5%17[C@]6%16[C@]7%15[C@]8%14[C@]9%13[C@]%10%12%11. The molecule has 0 radical (unpaired) electrons. The van der Waals surface area contributed by atoms with Crippen molar-refractivity contribution in [1.82, 2.24) is 0 Å². The second-order valence-corrected chi connectivity index (χ2v) is 25.1. The van der Waals surface area contributed by atoms with Crippen LogP contribution in [0.25, 0.3) is 0 Å². The minimum absolute atomic E-state index is 0.485. The zero-order valence-electron chi connectivity index (χ0n) is 29.1. The van der Waals surface area contributed by atoms with Crippen molar-refractivity contribution in [3.63, 3.8) is 0 Å². The lowest BCUT2D eigenvalue weighted by molar-refractivity contribution is -0.984. The fraction of sp³-hybridized carbons (Fsp3) is 1.00. The molecule has 0 amide bonds. The normalized spacial score (nSPS) is 107. The van der Waals surface area contributed by atoms with Crippen LogP contribution in [0.1, 0.15) is 96.4 Å². The van der Waals surface area contributed by atoms with E-state index in [9.17, 15) is 0 Å². The molecule has 0 aromatic heterocycles. The predicted molar refractivity (Wildman–Crippen MR) is 161 cm³/mol. The number of hydrogen-bond acceptors (Lipinski definition) is 0. The van der Waals surface area contributed by atoms with Gasteiger partial charge in [0.2, 0.25) is 0 Å². The van der Waals surface area contributed by atoms with Crippen LogP contribution in [0.4, 0.5) is 0 Å². The van der Waals surface area contributed by atoms with Crippen LogP contribution in [0.5, 0.6) is 0 Å². The largest absolute Gasteiger partial charge is 0.0617 e. The van der Waals surface area contributed by atoms with Crippen LogP contribution in [0.15, 0.2) is 0 Å². The summed E-state index contributed by atoms with van der Waals surface area (Å²) < 4.78 is 0. The van der Waals surface area contributed by atoms with Gasteiger partial charge >= 0.3 is 0 Å². The van der Waals surface area contributed by atoms with Crippen molar-refractivity contribution in [3.05, 3.63) is 0 Å². The van der Waals surface area contributed by atoms with Gasteiger partial charge < -0.3 is 0 Å². The zero-order chi connectivity index (χ0) is 29.1. The Labute approximate surface area is 258 Å². The molecule has 0 heterocycles. The van der Waals surface area contributed by atoms with Crippen LogP contribution in [-0.4, -0.2) is 0 Å². The predicted octanol–water partition coefficient (Wildman–Crippen LogP) is 8.41. The molecular weight excluding hydrogens is 516 g/mol. The molecule has 0 N–H and O–H groups in total. The summed E-state index contributed by atoms with van der Waals surface area (Å²) in [7, 11) is 0. The molecular formula is C43H52. The van der Waals surface area contributed by atoms with Gasteiger partial charge in [0.05, 0.1) is 0 Å². The summed E-state index contributed by atoms with van der Waals surface area (Å²) in [4.78, 5) is 0. The van der Waals surface area contributed by atoms with E-state index in [1.165, 1.54) is 35.5 Å². The molecule has 8 unspecified atom stereocenters. The maximum absolute atomic E-state index is 3.07. The van der Waals surface area contributed by atoms with Crippen LogP contribution < -0.4 is 0 Å². The third kappa shape index (κ3) is 0.613. The fourth-order valence-corrected chi connectivity index (χ4v) is 35.1. The Morgan fingerprint density at radius 2 is 0.767 bits per heavy atom. The van der Waals surface area contributed by atoms with Crippen molar-refractivity contribution in [3.8, 4) is 0 Å². The Morgan fingerprint density at radius 1 is 0.349 bits per heavy atom. The topological polar surface area (TPSA) is 0 Å². The summed E-state index contributed by atoms with van der Waals surface area (Å²) in [6.07, 6.45) is 1.66. The van der Waals surface area contributed by atoms with Gasteiger partial charge in [0.15, 0.2) is 0 Å². The van der Waals surface area contributed by atoms with Crippen LogP contribution in [0.2, 0.25) is 0 Å². The first kappa shape index (κ1) is 21.1. The first-order chi connectivity index (χ1) is 19.9. The van der Waals surface area contributed by atoms with E-state index in [0.717, 1.165) is 72.9 Å². The first-order valence-corrected chi connectivity index (χ1v) is 19.9. The Balaban J connectivity index is 0.972. The second-order valence-electron chi connectivity index (χ2n) is 25.1. The van der Waals surface area contributed by atoms with Gasteiger partial charge in [0.1, 0.15) is 0 Å². The maximum Gasteiger partial charge on any atom is -0.00566 e. The average Bonchev–Trinajstić information content (AvgIpc) is 2.93. The molecule has 0 aromatic carbocycles. The smallest absolute Gasteiger partial charge is 0.00566 e. The minimum atomic E-state index is 0.485. The van der Waals surface area contributed by atoms with Crippen molar-refractivity contribution in [2.75, 3.05) is 0 Å². The lowest BCUT2D eigenvalue weighted by atomic mass is 8.59. The first-order valence-electron chi connectivity index (χ1n) is 19.9. The Hall–Kier alpha value is 0. The molecule has 0 bridgehead atoms. The highest BCUT2D eigenvalue weighted by Gasteiger charge is 3.43. The molecule has 18 saturated carbocycles. The lowest BCUT2D eigenvalue weighted by Gasteiger charge is -3.43. The van der Waals surface area contributed by atoms with Crippen molar-refractivity contribution in [2.45, 2.75) is 96.4 Å². The highest BCUT2D eigenvalue weighted by molar-refractivity contribution is 5.88. The monoisotopic (exact) mass is 568 g/mol. The van der Waals surface area contributed by atoms with Crippen molar-refractivity contribution < 1.29 is 0 Å². The summed E-state index contributed by atoms with van der Waals surface area (Å²) >= 11 is 0. The van der Waals surface area contributed by atoms with Crippen LogP contribution in [0, 0.1) is 163 Å². The molecule has 0 nitrogen and oxygen atoms in total. The molecule has 28 atom stereocenters. The van der Waals surface area contributed by atoms with Gasteiger partial charge in [-0.05, 0) is 169 Å². The molecule has 0 heteroatoms. The maximum atomic E-state index is 3.07. The summed E-state index contributed by atoms with van der Waals surface area (Å²) in [5.41, 5.74) is 12.4. The second kappa shape index (κ2) is 3.50. The third-order valence-electron chi connectivity index (χ3n) is 32.1. The highest BCUT2D eigenvalue weighted by atomic mass is 15.5. The van der Waals surface area contributed by atoms with E-state index in [0.29, 0.717) is 54.1 Å². The molecule has 18 aliphatic carbocycles. The van der Waals surface area contributed by atoms with Crippen LogP contribution >= 0.6 is 0 Å². The minimum Gasteiger partial charge on any atom is -0.0617 e. The molecule has 224 valence electrons. The van der Waals surface area contributed by atoms with Crippen LogP contribution in [0.3, 0.4) is 0 Å². The van der Waals surface area contributed by atoms with E-state index in [4.69, 9.17) is 0 Å². The van der Waals surface area contributed by atoms with Gasteiger partial charge in [-0.3, -0.25) is 0 Å². The molecule has 18 aliphatic rings. The van der Waals surface area contributed by atoms with E-state index in [2.05, 4.69) is 90.0 Å². The molecule has 43 heavy (non-hydrogen) atoms. The van der Waals surface area contributed by atoms with Gasteiger partial charge in [0.25, 0.3) is 0 Å².